The first-order chi connectivity index (χ1) is 5.77. The molecule has 6 N–H and O–H groups in total. The summed E-state index contributed by atoms with van der Waals surface area (Å²) in [5.41, 5.74) is 10.4. The molecule has 0 aliphatic carbocycles. The third kappa shape index (κ3) is 4.38. The molecule has 13 heavy (non-hydrogen) atoms. The van der Waals surface area contributed by atoms with E-state index < -0.39 is 25.2 Å². The first kappa shape index (κ1) is 12.6. The largest absolute Gasteiger partial charge is 0.480 e. The second kappa shape index (κ2) is 4.72. The molecule has 0 saturated carbocycles. The molecule has 0 rings (SSSR count). The fourth-order valence-corrected chi connectivity index (χ4v) is 1.71. The summed E-state index contributed by atoms with van der Waals surface area (Å²) >= 11 is 0. The lowest BCUT2D eigenvalue weighted by Crippen LogP contribution is -2.31. The quantitative estimate of drug-likeness (QED) is 0.447. The second-order valence-electron chi connectivity index (χ2n) is 2.95. The molecule has 7 heteroatoms. The van der Waals surface area contributed by atoms with Crippen molar-refractivity contribution >= 4 is 13.3 Å². The summed E-state index contributed by atoms with van der Waals surface area (Å²) in [6.45, 7) is 1.41. The van der Waals surface area contributed by atoms with Gasteiger partial charge in [0.05, 0.1) is 5.78 Å². The average Bonchev–Trinajstić information content (AvgIpc) is 1.99. The number of carbonyl (C=O) groups is 1. The van der Waals surface area contributed by atoms with Crippen LogP contribution in [0.1, 0.15) is 13.3 Å². The van der Waals surface area contributed by atoms with Gasteiger partial charge < -0.3 is 21.5 Å². The summed E-state index contributed by atoms with van der Waals surface area (Å²) in [7, 11) is -3.42. The van der Waals surface area contributed by atoms with Crippen LogP contribution in [0.15, 0.2) is 0 Å². The lowest BCUT2D eigenvalue weighted by Gasteiger charge is -2.15. The van der Waals surface area contributed by atoms with E-state index in [4.69, 9.17) is 16.6 Å². The molecule has 0 aromatic heterocycles. The Morgan fingerprint density at radius 1 is 1.54 bits per heavy atom. The predicted molar refractivity (Wildman–Crippen MR) is 48.6 cm³/mol. The molecule has 6 nitrogen and oxygen atoms in total. The van der Waals surface area contributed by atoms with Gasteiger partial charge in [-0.05, 0) is 13.3 Å². The van der Waals surface area contributed by atoms with E-state index in [0.717, 1.165) is 0 Å². The van der Waals surface area contributed by atoms with Crippen LogP contribution in [-0.4, -0.2) is 34.0 Å². The van der Waals surface area contributed by atoms with Gasteiger partial charge in [0.1, 0.15) is 6.04 Å². The van der Waals surface area contributed by atoms with Crippen molar-refractivity contribution in [2.45, 2.75) is 25.2 Å². The minimum Gasteiger partial charge on any atom is -0.480 e. The summed E-state index contributed by atoms with van der Waals surface area (Å²) in [4.78, 5) is 19.5. The lowest BCUT2D eigenvalue weighted by molar-refractivity contribution is -0.138. The third-order valence-electron chi connectivity index (χ3n) is 1.71. The van der Waals surface area contributed by atoms with Gasteiger partial charge in [0, 0.05) is 6.16 Å². The molecule has 0 bridgehead atoms. The lowest BCUT2D eigenvalue weighted by atomic mass is 10.2. The molecular weight excluding hydrogens is 195 g/mol. The number of hydrogen-bond acceptors (Lipinski definition) is 4. The molecule has 0 fully saturated rings. The van der Waals surface area contributed by atoms with E-state index >= 15 is 0 Å². The van der Waals surface area contributed by atoms with Crippen LogP contribution in [0.4, 0.5) is 0 Å². The second-order valence-corrected chi connectivity index (χ2v) is 5.73. The highest BCUT2D eigenvalue weighted by atomic mass is 31.2. The molecule has 0 aromatic rings. The van der Waals surface area contributed by atoms with Gasteiger partial charge in [-0.1, -0.05) is 0 Å². The Morgan fingerprint density at radius 2 is 2.00 bits per heavy atom. The van der Waals surface area contributed by atoms with Gasteiger partial charge in [-0.3, -0.25) is 9.36 Å². The molecule has 0 heterocycles. The first-order valence-corrected chi connectivity index (χ1v) is 5.74. The average molecular weight is 210 g/mol. The number of rotatable bonds is 5. The topological polar surface area (TPSA) is 127 Å². The van der Waals surface area contributed by atoms with Crippen molar-refractivity contribution in [3.8, 4) is 0 Å². The molecular formula is C6H15N2O4P. The molecule has 1 unspecified atom stereocenters. The maximum absolute atomic E-state index is 11.2. The molecule has 0 aliphatic rings. The molecule has 0 aromatic carbocycles. The van der Waals surface area contributed by atoms with Crippen molar-refractivity contribution in [2.24, 2.45) is 11.5 Å². The summed E-state index contributed by atoms with van der Waals surface area (Å²) in [5, 5.41) is 8.39. The zero-order valence-electron chi connectivity index (χ0n) is 7.38. The maximum atomic E-state index is 11.2. The summed E-state index contributed by atoms with van der Waals surface area (Å²) in [5.74, 6) is -2.02. The van der Waals surface area contributed by atoms with E-state index in [9.17, 15) is 14.3 Å². The van der Waals surface area contributed by atoms with Gasteiger partial charge >= 0.3 is 5.97 Å². The van der Waals surface area contributed by atoms with E-state index in [1.165, 1.54) is 6.92 Å². The van der Waals surface area contributed by atoms with Gasteiger partial charge in [-0.2, -0.15) is 0 Å². The minimum atomic E-state index is -3.42. The van der Waals surface area contributed by atoms with E-state index in [2.05, 4.69) is 0 Å². The van der Waals surface area contributed by atoms with Crippen molar-refractivity contribution in [2.75, 3.05) is 6.16 Å². The minimum absolute atomic E-state index is 0.0371. The Labute approximate surface area is 76.4 Å². The van der Waals surface area contributed by atoms with Crippen LogP contribution in [0.25, 0.3) is 0 Å². The Bertz CT molecular complexity index is 231. The monoisotopic (exact) mass is 210 g/mol. The van der Waals surface area contributed by atoms with Crippen molar-refractivity contribution in [1.82, 2.24) is 0 Å². The van der Waals surface area contributed by atoms with Crippen LogP contribution in [0.3, 0.4) is 0 Å². The van der Waals surface area contributed by atoms with Gasteiger partial charge in [0.2, 0.25) is 7.37 Å². The zero-order valence-corrected chi connectivity index (χ0v) is 8.28. The highest BCUT2D eigenvalue weighted by Gasteiger charge is 2.25. The summed E-state index contributed by atoms with van der Waals surface area (Å²) in [6.07, 6.45) is -0.192. The van der Waals surface area contributed by atoms with E-state index in [-0.39, 0.29) is 12.6 Å². The van der Waals surface area contributed by atoms with Crippen LogP contribution < -0.4 is 11.5 Å². The molecule has 0 aliphatic heterocycles. The van der Waals surface area contributed by atoms with Crippen molar-refractivity contribution < 1.29 is 19.4 Å². The van der Waals surface area contributed by atoms with Crippen LogP contribution in [0.5, 0.6) is 0 Å². The van der Waals surface area contributed by atoms with Gasteiger partial charge in [0.25, 0.3) is 0 Å². The normalized spacial score (nSPS) is 20.3. The smallest absolute Gasteiger partial charge is 0.320 e. The van der Waals surface area contributed by atoms with Gasteiger partial charge in [-0.25, -0.2) is 0 Å². The predicted octanol–water partition coefficient (Wildman–Crippen LogP) is -0.636. The van der Waals surface area contributed by atoms with Crippen molar-refractivity contribution in [1.29, 1.82) is 0 Å². The Balaban J connectivity index is 4.03. The van der Waals surface area contributed by atoms with E-state index in [0.29, 0.717) is 0 Å². The Morgan fingerprint density at radius 3 is 2.31 bits per heavy atom. The zero-order chi connectivity index (χ0) is 10.6. The van der Waals surface area contributed by atoms with Gasteiger partial charge in [-0.15, -0.1) is 0 Å². The van der Waals surface area contributed by atoms with Crippen molar-refractivity contribution in [3.05, 3.63) is 0 Å². The number of carboxylic acids is 1. The third-order valence-corrected chi connectivity index (χ3v) is 3.89. The highest BCUT2D eigenvalue weighted by molar-refractivity contribution is 7.58. The van der Waals surface area contributed by atoms with Gasteiger partial charge in [0.15, 0.2) is 0 Å². The standard InChI is InChI=1S/C6H15N2O4P/c1-4(7)13(11,12)3-2-5(8)6(9)10/h4-5H,2-3,7-8H2,1H3,(H,9,10)(H,11,12)/t4-,5-/m0/s1. The van der Waals surface area contributed by atoms with Crippen LogP contribution in [-0.2, 0) is 9.36 Å². The van der Waals surface area contributed by atoms with E-state index in [1.54, 1.807) is 0 Å². The van der Waals surface area contributed by atoms with E-state index in [1.807, 2.05) is 0 Å². The van der Waals surface area contributed by atoms with Crippen LogP contribution in [0, 0.1) is 0 Å². The molecule has 3 atom stereocenters. The fourth-order valence-electron chi connectivity index (χ4n) is 0.651. The number of hydrogen-bond donors (Lipinski definition) is 4. The molecule has 0 saturated heterocycles. The molecule has 0 amide bonds. The fraction of sp³-hybridized carbons (Fsp3) is 0.833. The Kier molecular flexibility index (Phi) is 4.56. The SMILES string of the molecule is C[C@@H](N)P(=O)(O)CC[C@H](N)C(=O)O. The molecule has 0 spiro atoms. The molecule has 78 valence electrons. The Hall–Kier alpha value is -0.420. The summed E-state index contributed by atoms with van der Waals surface area (Å²) < 4.78 is 11.2. The maximum Gasteiger partial charge on any atom is 0.320 e. The number of aliphatic carboxylic acids is 1. The van der Waals surface area contributed by atoms with Crippen LogP contribution in [0.2, 0.25) is 0 Å². The summed E-state index contributed by atoms with van der Waals surface area (Å²) in [6, 6.07) is -1.10. The molecule has 0 radical (unpaired) electrons. The number of carboxylic acid groups (broad SMARTS) is 1. The van der Waals surface area contributed by atoms with Crippen LogP contribution >= 0.6 is 7.37 Å². The first-order valence-electron chi connectivity index (χ1n) is 3.83. The number of nitrogens with two attached hydrogens (primary N) is 2. The van der Waals surface area contributed by atoms with Crippen molar-refractivity contribution in [3.63, 3.8) is 0 Å². The highest BCUT2D eigenvalue weighted by Crippen LogP contribution is 2.44.